The summed E-state index contributed by atoms with van der Waals surface area (Å²) in [6, 6.07) is 4.63. The van der Waals surface area contributed by atoms with Crippen LogP contribution in [0.2, 0.25) is 0 Å². The molecule has 136 valence electrons. The van der Waals surface area contributed by atoms with E-state index >= 15 is 0 Å². The second kappa shape index (κ2) is 8.62. The number of unbranched alkanes of at least 4 members (excludes halogenated alkanes) is 2. The summed E-state index contributed by atoms with van der Waals surface area (Å²) in [5.41, 5.74) is 3.94. The molecule has 0 spiro atoms. The maximum atomic E-state index is 12.4. The number of hydrogen-bond acceptors (Lipinski definition) is 4. The monoisotopic (exact) mass is 346 g/mol. The molecule has 2 aromatic rings. The van der Waals surface area contributed by atoms with Crippen molar-refractivity contribution in [1.82, 2.24) is 20.6 Å². The Balaban J connectivity index is 2.28. The van der Waals surface area contributed by atoms with Crippen molar-refractivity contribution in [3.63, 3.8) is 0 Å². The number of carbonyl (C=O) groups is 2. The summed E-state index contributed by atoms with van der Waals surface area (Å²) < 4.78 is 1.96. The highest BCUT2D eigenvalue weighted by Gasteiger charge is 2.17. The van der Waals surface area contributed by atoms with Crippen LogP contribution in [-0.2, 0) is 17.8 Å². The Morgan fingerprint density at radius 2 is 2.04 bits per heavy atom. The lowest BCUT2D eigenvalue weighted by Gasteiger charge is -2.12. The Bertz CT molecular complexity index is 754. The van der Waals surface area contributed by atoms with Crippen LogP contribution in [0.25, 0.3) is 10.9 Å². The first-order chi connectivity index (χ1) is 12.0. The second-order valence-electron chi connectivity index (χ2n) is 6.13. The van der Waals surface area contributed by atoms with E-state index in [-0.39, 0.29) is 5.91 Å². The van der Waals surface area contributed by atoms with Gasteiger partial charge < -0.3 is 5.32 Å². The van der Waals surface area contributed by atoms with Gasteiger partial charge in [0, 0.05) is 17.5 Å². The highest BCUT2D eigenvalue weighted by molar-refractivity contribution is 6.00. The quantitative estimate of drug-likeness (QED) is 0.388. The number of nitrogens with zero attached hydrogens (tertiary/aromatic N) is 2. The molecule has 0 radical (unpaired) electrons. The van der Waals surface area contributed by atoms with Gasteiger partial charge in [0.2, 0.25) is 0 Å². The molecule has 7 nitrogen and oxygen atoms in total. The van der Waals surface area contributed by atoms with Crippen molar-refractivity contribution in [2.45, 2.75) is 59.0 Å². The first kappa shape index (κ1) is 18.9. The number of amides is 2. The van der Waals surface area contributed by atoms with Gasteiger partial charge >= 0.3 is 0 Å². The van der Waals surface area contributed by atoms with Gasteiger partial charge in [-0.3, -0.25) is 19.5 Å². The summed E-state index contributed by atoms with van der Waals surface area (Å²) >= 11 is 0. The third-order valence-corrected chi connectivity index (χ3v) is 4.25. The van der Waals surface area contributed by atoms with E-state index in [1.807, 2.05) is 16.8 Å². The SMILES string of the molecule is CCCCCn1nc(CC)c2ccc(C(=O)NC(C)C(=O)NO)cc21. The molecule has 3 N–H and O–H groups in total. The van der Waals surface area contributed by atoms with Crippen molar-refractivity contribution in [1.29, 1.82) is 0 Å². The molecule has 0 saturated heterocycles. The van der Waals surface area contributed by atoms with E-state index in [0.717, 1.165) is 48.8 Å². The number of carbonyl (C=O) groups excluding carboxylic acids is 2. The molecule has 1 aromatic heterocycles. The highest BCUT2D eigenvalue weighted by atomic mass is 16.5. The molecule has 0 fully saturated rings. The first-order valence-corrected chi connectivity index (χ1v) is 8.76. The molecule has 0 aliphatic carbocycles. The molecule has 2 rings (SSSR count). The van der Waals surface area contributed by atoms with Crippen LogP contribution in [0.5, 0.6) is 0 Å². The van der Waals surface area contributed by atoms with E-state index in [1.165, 1.54) is 12.4 Å². The zero-order valence-corrected chi connectivity index (χ0v) is 15.0. The number of aromatic nitrogens is 2. The molecule has 0 aliphatic rings. The van der Waals surface area contributed by atoms with Gasteiger partial charge in [-0.2, -0.15) is 5.10 Å². The van der Waals surface area contributed by atoms with Gasteiger partial charge in [-0.1, -0.05) is 32.8 Å². The van der Waals surface area contributed by atoms with Crippen LogP contribution in [-0.4, -0.2) is 32.8 Å². The van der Waals surface area contributed by atoms with Crippen molar-refractivity contribution in [2.24, 2.45) is 0 Å². The van der Waals surface area contributed by atoms with Crippen molar-refractivity contribution in [2.75, 3.05) is 0 Å². The Hall–Kier alpha value is -2.41. The zero-order valence-electron chi connectivity index (χ0n) is 15.0. The minimum absolute atomic E-state index is 0.364. The van der Waals surface area contributed by atoms with Gasteiger partial charge in [0.15, 0.2) is 0 Å². The van der Waals surface area contributed by atoms with Gasteiger partial charge in [-0.05, 0) is 31.9 Å². The maximum Gasteiger partial charge on any atom is 0.265 e. The number of hydroxylamine groups is 1. The van der Waals surface area contributed by atoms with Gasteiger partial charge in [0.1, 0.15) is 6.04 Å². The number of nitrogens with one attached hydrogen (secondary N) is 2. The van der Waals surface area contributed by atoms with Crippen LogP contribution in [0.1, 0.15) is 56.1 Å². The third kappa shape index (κ3) is 4.36. The smallest absolute Gasteiger partial charge is 0.265 e. The molecule has 1 heterocycles. The van der Waals surface area contributed by atoms with E-state index in [0.29, 0.717) is 5.56 Å². The summed E-state index contributed by atoms with van der Waals surface area (Å²) in [5.74, 6) is -1.02. The minimum atomic E-state index is -0.825. The van der Waals surface area contributed by atoms with E-state index in [1.54, 1.807) is 6.07 Å². The van der Waals surface area contributed by atoms with E-state index in [4.69, 9.17) is 5.21 Å². The molecule has 0 saturated carbocycles. The van der Waals surface area contributed by atoms with E-state index in [9.17, 15) is 9.59 Å². The molecule has 0 aliphatic heterocycles. The van der Waals surface area contributed by atoms with Gasteiger partial charge in [0.05, 0.1) is 11.2 Å². The minimum Gasteiger partial charge on any atom is -0.340 e. The lowest BCUT2D eigenvalue weighted by atomic mass is 10.1. The molecular weight excluding hydrogens is 320 g/mol. The highest BCUT2D eigenvalue weighted by Crippen LogP contribution is 2.21. The molecule has 1 atom stereocenters. The number of benzene rings is 1. The molecule has 25 heavy (non-hydrogen) atoms. The van der Waals surface area contributed by atoms with Crippen LogP contribution >= 0.6 is 0 Å². The Labute approximate surface area is 147 Å². The fourth-order valence-corrected chi connectivity index (χ4v) is 2.77. The van der Waals surface area contributed by atoms with E-state index < -0.39 is 11.9 Å². The normalized spacial score (nSPS) is 12.2. The predicted octanol–water partition coefficient (Wildman–Crippen LogP) is 2.41. The summed E-state index contributed by atoms with van der Waals surface area (Å²) in [6.45, 7) is 6.55. The molecule has 7 heteroatoms. The Kier molecular flexibility index (Phi) is 6.52. The second-order valence-corrected chi connectivity index (χ2v) is 6.13. The fraction of sp³-hybridized carbons (Fsp3) is 0.500. The number of aryl methyl sites for hydroxylation is 2. The summed E-state index contributed by atoms with van der Waals surface area (Å²) in [6.07, 6.45) is 4.15. The van der Waals surface area contributed by atoms with Crippen molar-refractivity contribution in [3.8, 4) is 0 Å². The Morgan fingerprint density at radius 1 is 1.28 bits per heavy atom. The van der Waals surface area contributed by atoms with Crippen LogP contribution in [0, 0.1) is 0 Å². The standard InChI is InChI=1S/C18H26N4O3/c1-4-6-7-10-22-16-11-13(8-9-14(16)15(5-2)20-22)18(24)19-12(3)17(23)21-25/h8-9,11-12,25H,4-7,10H2,1-3H3,(H,19,24)(H,21,23). The zero-order chi connectivity index (χ0) is 18.4. The summed E-state index contributed by atoms with van der Waals surface area (Å²) in [5, 5.41) is 16.9. The van der Waals surface area contributed by atoms with Gasteiger partial charge in [-0.15, -0.1) is 0 Å². The lowest BCUT2D eigenvalue weighted by molar-refractivity contribution is -0.130. The van der Waals surface area contributed by atoms with Gasteiger partial charge in [0.25, 0.3) is 11.8 Å². The predicted molar refractivity (Wildman–Crippen MR) is 95.5 cm³/mol. The average molecular weight is 346 g/mol. The fourth-order valence-electron chi connectivity index (χ4n) is 2.77. The maximum absolute atomic E-state index is 12.4. The van der Waals surface area contributed by atoms with Gasteiger partial charge in [-0.25, -0.2) is 5.48 Å². The van der Waals surface area contributed by atoms with Crippen LogP contribution < -0.4 is 10.8 Å². The molecular formula is C18H26N4O3. The largest absolute Gasteiger partial charge is 0.340 e. The molecule has 2 amide bonds. The van der Waals surface area contributed by atoms with Crippen LogP contribution in [0.15, 0.2) is 18.2 Å². The Morgan fingerprint density at radius 3 is 2.68 bits per heavy atom. The summed E-state index contributed by atoms with van der Waals surface area (Å²) in [4.78, 5) is 23.7. The molecule has 1 unspecified atom stereocenters. The first-order valence-electron chi connectivity index (χ1n) is 8.76. The number of fused-ring (bicyclic) bond motifs is 1. The molecule has 1 aromatic carbocycles. The van der Waals surface area contributed by atoms with Crippen LogP contribution in [0.4, 0.5) is 0 Å². The lowest BCUT2D eigenvalue weighted by Crippen LogP contribution is -2.43. The van der Waals surface area contributed by atoms with Crippen molar-refractivity contribution >= 4 is 22.7 Å². The number of hydrogen-bond donors (Lipinski definition) is 3. The molecule has 0 bridgehead atoms. The van der Waals surface area contributed by atoms with Crippen molar-refractivity contribution in [3.05, 3.63) is 29.5 Å². The number of rotatable bonds is 8. The topological polar surface area (TPSA) is 96.2 Å². The van der Waals surface area contributed by atoms with Crippen molar-refractivity contribution < 1.29 is 14.8 Å². The van der Waals surface area contributed by atoms with E-state index in [2.05, 4.69) is 24.3 Å². The average Bonchev–Trinajstić information content (AvgIpc) is 2.98. The third-order valence-electron chi connectivity index (χ3n) is 4.25. The summed E-state index contributed by atoms with van der Waals surface area (Å²) in [7, 11) is 0. The van der Waals surface area contributed by atoms with Crippen LogP contribution in [0.3, 0.4) is 0 Å².